The van der Waals surface area contributed by atoms with Crippen LogP contribution in [0.3, 0.4) is 0 Å². The molecule has 2 aromatic carbocycles. The average molecular weight is 473 g/mol. The quantitative estimate of drug-likeness (QED) is 0.439. The summed E-state index contributed by atoms with van der Waals surface area (Å²) >= 11 is 9.68. The fraction of sp³-hybridized carbons (Fsp3) is 0.100. The largest absolute Gasteiger partial charge is 0.495 e. The van der Waals surface area contributed by atoms with Gasteiger partial charge in [-0.05, 0) is 46.3 Å². The van der Waals surface area contributed by atoms with Gasteiger partial charge in [0.25, 0.3) is 5.56 Å². The van der Waals surface area contributed by atoms with Crippen LogP contribution in [0, 0.1) is 0 Å². The van der Waals surface area contributed by atoms with E-state index in [9.17, 15) is 4.79 Å². The fourth-order valence-electron chi connectivity index (χ4n) is 3.08. The smallest absolute Gasteiger partial charge is 0.251 e. The number of methoxy groups -OCH3 is 1. The summed E-state index contributed by atoms with van der Waals surface area (Å²) in [6.07, 6.45) is 3.18. The summed E-state index contributed by atoms with van der Waals surface area (Å²) in [7, 11) is 1.56. The average Bonchev–Trinajstić information content (AvgIpc) is 3.24. The molecule has 0 saturated carbocycles. The molecule has 0 radical (unpaired) electrons. The molecule has 0 spiro atoms. The number of hydrogen-bond acceptors (Lipinski definition) is 5. The SMILES string of the molecule is COc1cn(Cc2cccc(Br)c2)c(=O)cc1-c1cc(Cl)ccc1-n1cnnn1. The Morgan fingerprint density at radius 2 is 2.00 bits per heavy atom. The Morgan fingerprint density at radius 3 is 2.72 bits per heavy atom. The molecule has 2 heterocycles. The van der Waals surface area contributed by atoms with Gasteiger partial charge in [0.1, 0.15) is 12.1 Å². The molecule has 4 rings (SSSR count). The van der Waals surface area contributed by atoms with Gasteiger partial charge in [0, 0.05) is 26.7 Å². The molecule has 7 nitrogen and oxygen atoms in total. The lowest BCUT2D eigenvalue weighted by Crippen LogP contribution is -2.20. The highest BCUT2D eigenvalue weighted by atomic mass is 79.9. The fourth-order valence-corrected chi connectivity index (χ4v) is 3.70. The third-order valence-corrected chi connectivity index (χ3v) is 5.12. The van der Waals surface area contributed by atoms with Crippen LogP contribution >= 0.6 is 27.5 Å². The molecule has 4 aromatic rings. The first kappa shape index (κ1) is 19.4. The van der Waals surface area contributed by atoms with Crippen LogP contribution in [-0.2, 0) is 6.54 Å². The second kappa shape index (κ2) is 8.18. The van der Waals surface area contributed by atoms with Crippen LogP contribution < -0.4 is 10.3 Å². The second-order valence-electron chi connectivity index (χ2n) is 6.27. The first-order valence-electron chi connectivity index (χ1n) is 8.61. The van der Waals surface area contributed by atoms with Crippen molar-refractivity contribution in [3.63, 3.8) is 0 Å². The van der Waals surface area contributed by atoms with Gasteiger partial charge >= 0.3 is 0 Å². The summed E-state index contributed by atoms with van der Waals surface area (Å²) in [6.45, 7) is 0.421. The molecule has 9 heteroatoms. The van der Waals surface area contributed by atoms with Crippen LogP contribution in [0.2, 0.25) is 5.02 Å². The Labute approximate surface area is 179 Å². The number of tetrazole rings is 1. The number of benzene rings is 2. The van der Waals surface area contributed by atoms with Crippen molar-refractivity contribution in [2.24, 2.45) is 0 Å². The minimum Gasteiger partial charge on any atom is -0.495 e. The predicted octanol–water partition coefficient (Wildman–Crippen LogP) is 3.96. The molecule has 29 heavy (non-hydrogen) atoms. The van der Waals surface area contributed by atoms with Crippen molar-refractivity contribution in [2.75, 3.05) is 7.11 Å². The molecule has 0 saturated heterocycles. The molecule has 0 N–H and O–H groups in total. The number of nitrogens with zero attached hydrogens (tertiary/aromatic N) is 5. The van der Waals surface area contributed by atoms with E-state index in [1.807, 2.05) is 24.3 Å². The van der Waals surface area contributed by atoms with Crippen LogP contribution in [0.15, 0.2) is 70.3 Å². The van der Waals surface area contributed by atoms with Gasteiger partial charge in [-0.15, -0.1) is 5.10 Å². The maximum absolute atomic E-state index is 12.9. The summed E-state index contributed by atoms with van der Waals surface area (Å²) in [4.78, 5) is 12.9. The Kier molecular flexibility index (Phi) is 5.46. The minimum atomic E-state index is -0.164. The maximum Gasteiger partial charge on any atom is 0.251 e. The van der Waals surface area contributed by atoms with Gasteiger partial charge in [-0.2, -0.15) is 4.68 Å². The molecule has 0 atom stereocenters. The zero-order chi connectivity index (χ0) is 20.4. The molecule has 0 bridgehead atoms. The molecule has 2 aromatic heterocycles. The van der Waals surface area contributed by atoms with Crippen molar-refractivity contribution < 1.29 is 4.74 Å². The summed E-state index contributed by atoms with van der Waals surface area (Å²) in [5.41, 5.74) is 2.81. The third-order valence-electron chi connectivity index (χ3n) is 4.40. The van der Waals surface area contributed by atoms with E-state index in [0.717, 1.165) is 10.0 Å². The number of ether oxygens (including phenoxy) is 1. The van der Waals surface area contributed by atoms with Gasteiger partial charge < -0.3 is 9.30 Å². The van der Waals surface area contributed by atoms with Crippen LogP contribution in [0.1, 0.15) is 5.56 Å². The molecule has 0 aliphatic heterocycles. The van der Waals surface area contributed by atoms with Crippen molar-refractivity contribution in [1.82, 2.24) is 24.8 Å². The van der Waals surface area contributed by atoms with Crippen molar-refractivity contribution in [3.8, 4) is 22.6 Å². The first-order chi connectivity index (χ1) is 14.0. The Balaban J connectivity index is 1.83. The number of pyridine rings is 1. The van der Waals surface area contributed by atoms with E-state index in [1.54, 1.807) is 36.1 Å². The lowest BCUT2D eigenvalue weighted by atomic mass is 10.0. The highest BCUT2D eigenvalue weighted by Gasteiger charge is 2.16. The standard InChI is InChI=1S/C20H15BrClN5O2/c1-29-19-11-26(10-13-3-2-4-14(21)7-13)20(28)9-17(19)16-8-15(22)5-6-18(16)27-12-23-24-25-27/h2-9,11-12H,10H2,1H3. The van der Waals surface area contributed by atoms with Gasteiger partial charge in [0.2, 0.25) is 0 Å². The van der Waals surface area contributed by atoms with E-state index in [-0.39, 0.29) is 5.56 Å². The van der Waals surface area contributed by atoms with Gasteiger partial charge in [-0.3, -0.25) is 4.79 Å². The number of aromatic nitrogens is 5. The van der Waals surface area contributed by atoms with E-state index < -0.39 is 0 Å². The van der Waals surface area contributed by atoms with Crippen molar-refractivity contribution in [3.05, 3.63) is 86.5 Å². The summed E-state index contributed by atoms with van der Waals surface area (Å²) in [6, 6.07) is 14.6. The summed E-state index contributed by atoms with van der Waals surface area (Å²) < 4.78 is 9.67. The van der Waals surface area contributed by atoms with Crippen LogP contribution in [-0.4, -0.2) is 31.9 Å². The summed E-state index contributed by atoms with van der Waals surface area (Å²) in [5, 5.41) is 11.8. The van der Waals surface area contributed by atoms with E-state index in [1.165, 1.54) is 17.1 Å². The maximum atomic E-state index is 12.9. The Hall–Kier alpha value is -2.97. The Morgan fingerprint density at radius 1 is 1.14 bits per heavy atom. The Bertz CT molecular complexity index is 1220. The highest BCUT2D eigenvalue weighted by Crippen LogP contribution is 2.34. The first-order valence-corrected chi connectivity index (χ1v) is 9.78. The molecule has 146 valence electrons. The van der Waals surface area contributed by atoms with E-state index in [0.29, 0.717) is 34.1 Å². The van der Waals surface area contributed by atoms with Gasteiger partial charge in [-0.1, -0.05) is 39.7 Å². The molecule has 0 aliphatic rings. The molecule has 0 aliphatic carbocycles. The molecule has 0 amide bonds. The third kappa shape index (κ3) is 4.08. The van der Waals surface area contributed by atoms with Crippen molar-refractivity contribution in [1.29, 1.82) is 0 Å². The zero-order valence-corrected chi connectivity index (χ0v) is 17.6. The molecular weight excluding hydrogens is 458 g/mol. The zero-order valence-electron chi connectivity index (χ0n) is 15.3. The normalized spacial score (nSPS) is 10.9. The van der Waals surface area contributed by atoms with Gasteiger partial charge in [0.05, 0.1) is 25.5 Å². The van der Waals surface area contributed by atoms with Crippen LogP contribution in [0.4, 0.5) is 0 Å². The van der Waals surface area contributed by atoms with E-state index in [2.05, 4.69) is 31.5 Å². The number of rotatable bonds is 5. The number of halogens is 2. The van der Waals surface area contributed by atoms with Crippen molar-refractivity contribution in [2.45, 2.75) is 6.54 Å². The number of hydrogen-bond donors (Lipinski definition) is 0. The predicted molar refractivity (Wildman–Crippen MR) is 114 cm³/mol. The van der Waals surface area contributed by atoms with Gasteiger partial charge in [-0.25, -0.2) is 0 Å². The van der Waals surface area contributed by atoms with E-state index in [4.69, 9.17) is 16.3 Å². The minimum absolute atomic E-state index is 0.164. The van der Waals surface area contributed by atoms with E-state index >= 15 is 0 Å². The molecular formula is C20H15BrClN5O2. The van der Waals surface area contributed by atoms with Crippen LogP contribution in [0.5, 0.6) is 5.75 Å². The summed E-state index contributed by atoms with van der Waals surface area (Å²) in [5.74, 6) is 0.538. The second-order valence-corrected chi connectivity index (χ2v) is 7.62. The lowest BCUT2D eigenvalue weighted by molar-refractivity contribution is 0.410. The molecule has 0 fully saturated rings. The monoisotopic (exact) mass is 471 g/mol. The lowest BCUT2D eigenvalue weighted by Gasteiger charge is -2.15. The van der Waals surface area contributed by atoms with Gasteiger partial charge in [0.15, 0.2) is 0 Å². The van der Waals surface area contributed by atoms with Crippen LogP contribution in [0.25, 0.3) is 16.8 Å². The van der Waals surface area contributed by atoms with Crippen molar-refractivity contribution >= 4 is 27.5 Å². The topological polar surface area (TPSA) is 74.8 Å². The molecule has 0 unspecified atom stereocenters. The highest BCUT2D eigenvalue weighted by molar-refractivity contribution is 9.10.